The van der Waals surface area contributed by atoms with Gasteiger partial charge in [-0.1, -0.05) is 6.42 Å². The molecule has 1 aliphatic rings. The lowest BCUT2D eigenvalue weighted by Gasteiger charge is -2.26. The highest BCUT2D eigenvalue weighted by molar-refractivity contribution is 5.77. The normalized spacial score (nSPS) is 21.2. The molecule has 0 bridgehead atoms. The minimum atomic E-state index is -0.833. The maximum Gasteiger partial charge on any atom is 0.317 e. The smallest absolute Gasteiger partial charge is 0.317 e. The first-order chi connectivity index (χ1) is 10.1. The van der Waals surface area contributed by atoms with Crippen LogP contribution in [-0.2, 0) is 14.3 Å². The molecule has 2 unspecified atom stereocenters. The number of aliphatic carboxylic acids is 1. The van der Waals surface area contributed by atoms with E-state index < -0.39 is 11.9 Å². The molecule has 122 valence electrons. The molecule has 0 spiro atoms. The molecule has 1 saturated carbocycles. The zero-order valence-electron chi connectivity index (χ0n) is 12.8. The van der Waals surface area contributed by atoms with Gasteiger partial charge in [-0.25, -0.2) is 4.79 Å². The highest BCUT2D eigenvalue weighted by Gasteiger charge is 2.34. The van der Waals surface area contributed by atoms with E-state index in [1.807, 2.05) is 0 Å². The van der Waals surface area contributed by atoms with Crippen molar-refractivity contribution in [2.24, 2.45) is 5.92 Å². The van der Waals surface area contributed by atoms with Crippen molar-refractivity contribution >= 4 is 12.0 Å². The molecule has 2 amide bonds. The molecule has 1 fully saturated rings. The first-order valence-electron chi connectivity index (χ1n) is 7.36. The van der Waals surface area contributed by atoms with Gasteiger partial charge in [-0.05, 0) is 19.3 Å². The Morgan fingerprint density at radius 2 is 1.90 bits per heavy atom. The number of urea groups is 1. The van der Waals surface area contributed by atoms with E-state index >= 15 is 0 Å². The van der Waals surface area contributed by atoms with E-state index in [1.54, 1.807) is 19.1 Å². The number of amides is 2. The summed E-state index contributed by atoms with van der Waals surface area (Å²) in [5.41, 5.74) is 0. The largest absolute Gasteiger partial charge is 0.481 e. The molecule has 2 atom stereocenters. The summed E-state index contributed by atoms with van der Waals surface area (Å²) >= 11 is 0. The molecule has 21 heavy (non-hydrogen) atoms. The summed E-state index contributed by atoms with van der Waals surface area (Å²) in [5.74, 6) is -1.31. The molecule has 0 aromatic carbocycles. The Hall–Kier alpha value is -1.34. The second-order valence-electron chi connectivity index (χ2n) is 5.26. The lowest BCUT2D eigenvalue weighted by molar-refractivity contribution is -0.142. The number of nitrogens with zero attached hydrogens (tertiary/aromatic N) is 1. The fourth-order valence-corrected chi connectivity index (χ4v) is 2.59. The summed E-state index contributed by atoms with van der Waals surface area (Å²) in [6, 6.07) is -0.497. The van der Waals surface area contributed by atoms with Crippen molar-refractivity contribution in [3.8, 4) is 0 Å². The molecule has 0 radical (unpaired) electrons. The van der Waals surface area contributed by atoms with E-state index in [2.05, 4.69) is 5.32 Å². The molecule has 0 aromatic rings. The second kappa shape index (κ2) is 9.57. The van der Waals surface area contributed by atoms with Crippen LogP contribution in [0.15, 0.2) is 0 Å². The number of carboxylic acids is 1. The summed E-state index contributed by atoms with van der Waals surface area (Å²) in [4.78, 5) is 25.1. The molecule has 1 aliphatic carbocycles. The summed E-state index contributed by atoms with van der Waals surface area (Å²) < 4.78 is 10.0. The Morgan fingerprint density at radius 3 is 2.52 bits per heavy atom. The van der Waals surface area contributed by atoms with Crippen LogP contribution in [0.4, 0.5) is 4.79 Å². The van der Waals surface area contributed by atoms with E-state index in [0.29, 0.717) is 32.7 Å². The van der Waals surface area contributed by atoms with Crippen LogP contribution in [0.25, 0.3) is 0 Å². The number of methoxy groups -OCH3 is 2. The first kappa shape index (κ1) is 17.7. The van der Waals surface area contributed by atoms with Gasteiger partial charge in [0.15, 0.2) is 0 Å². The van der Waals surface area contributed by atoms with E-state index in [-0.39, 0.29) is 12.1 Å². The molecular formula is C14H26N2O5. The third kappa shape index (κ3) is 5.89. The molecule has 2 N–H and O–H groups in total. The zero-order chi connectivity index (χ0) is 15.7. The number of carboxylic acid groups (broad SMARTS) is 1. The van der Waals surface area contributed by atoms with Crippen LogP contribution in [0.3, 0.4) is 0 Å². The highest BCUT2D eigenvalue weighted by atomic mass is 16.5. The van der Waals surface area contributed by atoms with Crippen LogP contribution in [-0.4, -0.2) is 68.6 Å². The van der Waals surface area contributed by atoms with Crippen LogP contribution in [0.2, 0.25) is 0 Å². The fourth-order valence-electron chi connectivity index (χ4n) is 2.59. The predicted octanol–water partition coefficient (Wildman–Crippen LogP) is 0.934. The average Bonchev–Trinajstić information content (AvgIpc) is 2.90. The van der Waals surface area contributed by atoms with Crippen molar-refractivity contribution in [1.82, 2.24) is 10.2 Å². The average molecular weight is 302 g/mol. The van der Waals surface area contributed by atoms with E-state index in [9.17, 15) is 9.59 Å². The van der Waals surface area contributed by atoms with Gasteiger partial charge in [0, 0.05) is 40.0 Å². The third-order valence-corrected chi connectivity index (χ3v) is 3.77. The van der Waals surface area contributed by atoms with Crippen molar-refractivity contribution < 1.29 is 24.2 Å². The van der Waals surface area contributed by atoms with Crippen molar-refractivity contribution in [3.63, 3.8) is 0 Å². The second-order valence-corrected chi connectivity index (χ2v) is 5.26. The molecule has 7 heteroatoms. The van der Waals surface area contributed by atoms with Gasteiger partial charge in [-0.3, -0.25) is 4.79 Å². The number of nitrogens with one attached hydrogen (secondary N) is 1. The van der Waals surface area contributed by atoms with Gasteiger partial charge in [-0.2, -0.15) is 0 Å². The number of hydrogen-bond donors (Lipinski definition) is 2. The molecule has 0 aromatic heterocycles. The summed E-state index contributed by atoms with van der Waals surface area (Å²) in [7, 11) is 3.21. The van der Waals surface area contributed by atoms with E-state index in [0.717, 1.165) is 19.3 Å². The van der Waals surface area contributed by atoms with E-state index in [1.165, 1.54) is 0 Å². The summed E-state index contributed by atoms with van der Waals surface area (Å²) in [6.45, 7) is 2.08. The number of carbonyl (C=O) groups excluding carboxylic acids is 1. The van der Waals surface area contributed by atoms with Crippen molar-refractivity contribution in [2.45, 2.75) is 31.7 Å². The maximum atomic E-state index is 12.3. The van der Waals surface area contributed by atoms with Crippen LogP contribution >= 0.6 is 0 Å². The topological polar surface area (TPSA) is 88.1 Å². The molecule has 0 saturated heterocycles. The van der Waals surface area contributed by atoms with Crippen molar-refractivity contribution in [3.05, 3.63) is 0 Å². The minimum absolute atomic E-state index is 0.221. The quantitative estimate of drug-likeness (QED) is 0.619. The molecule has 0 heterocycles. The van der Waals surface area contributed by atoms with Gasteiger partial charge in [0.25, 0.3) is 0 Å². The van der Waals surface area contributed by atoms with Gasteiger partial charge >= 0.3 is 12.0 Å². The Labute approximate surface area is 125 Å². The lowest BCUT2D eigenvalue weighted by Crippen LogP contribution is -2.48. The summed E-state index contributed by atoms with van der Waals surface area (Å²) in [5, 5.41) is 12.0. The van der Waals surface area contributed by atoms with Crippen LogP contribution in [0.1, 0.15) is 25.7 Å². The Morgan fingerprint density at radius 1 is 1.19 bits per heavy atom. The lowest BCUT2D eigenvalue weighted by atomic mass is 10.0. The van der Waals surface area contributed by atoms with Gasteiger partial charge in [0.2, 0.25) is 0 Å². The standard InChI is InChI=1S/C14H26N2O5/c1-20-9-4-7-16(8-10-21-2)14(19)15-12-6-3-5-11(12)13(17)18/h11-12H,3-10H2,1-2H3,(H,15,19)(H,17,18). The van der Waals surface area contributed by atoms with Gasteiger partial charge in [-0.15, -0.1) is 0 Å². The number of hydrogen-bond acceptors (Lipinski definition) is 4. The molecule has 0 aliphatic heterocycles. The molecule has 1 rings (SSSR count). The SMILES string of the molecule is COCCCN(CCOC)C(=O)NC1CCCC1C(=O)O. The Kier molecular flexibility index (Phi) is 8.07. The monoisotopic (exact) mass is 302 g/mol. The minimum Gasteiger partial charge on any atom is -0.481 e. The van der Waals surface area contributed by atoms with Crippen molar-refractivity contribution in [1.29, 1.82) is 0 Å². The third-order valence-electron chi connectivity index (χ3n) is 3.77. The van der Waals surface area contributed by atoms with Crippen LogP contribution < -0.4 is 5.32 Å². The first-order valence-corrected chi connectivity index (χ1v) is 7.36. The van der Waals surface area contributed by atoms with Gasteiger partial charge in [0.05, 0.1) is 12.5 Å². The maximum absolute atomic E-state index is 12.3. The van der Waals surface area contributed by atoms with Gasteiger partial charge < -0.3 is 24.8 Å². The number of rotatable bonds is 9. The zero-order valence-corrected chi connectivity index (χ0v) is 12.8. The van der Waals surface area contributed by atoms with Crippen LogP contribution in [0.5, 0.6) is 0 Å². The van der Waals surface area contributed by atoms with Crippen LogP contribution in [0, 0.1) is 5.92 Å². The highest BCUT2D eigenvalue weighted by Crippen LogP contribution is 2.25. The Balaban J connectivity index is 2.51. The number of ether oxygens (including phenoxy) is 2. The van der Waals surface area contributed by atoms with Crippen molar-refractivity contribution in [2.75, 3.05) is 40.5 Å². The van der Waals surface area contributed by atoms with Gasteiger partial charge in [0.1, 0.15) is 0 Å². The molecular weight excluding hydrogens is 276 g/mol. The number of carbonyl (C=O) groups is 2. The molecule has 7 nitrogen and oxygen atoms in total. The van der Waals surface area contributed by atoms with E-state index in [4.69, 9.17) is 14.6 Å². The Bertz CT molecular complexity index is 337. The fraction of sp³-hybridized carbons (Fsp3) is 0.857. The predicted molar refractivity (Wildman–Crippen MR) is 77.2 cm³/mol. The summed E-state index contributed by atoms with van der Waals surface area (Å²) in [6.07, 6.45) is 2.92.